The molecule has 2 aliphatic heterocycles. The van der Waals surface area contributed by atoms with E-state index in [2.05, 4.69) is 5.32 Å². The SMILES string of the molecule is Cc1ccccc1NC(=O)N1CC2(CC(CCOCc3cccc(F)c3)CO2)C1. The highest BCUT2D eigenvalue weighted by atomic mass is 19.1. The molecule has 154 valence electrons. The van der Waals surface area contributed by atoms with Crippen molar-refractivity contribution < 1.29 is 18.7 Å². The van der Waals surface area contributed by atoms with E-state index in [1.807, 2.05) is 37.3 Å². The summed E-state index contributed by atoms with van der Waals surface area (Å²) in [6.07, 6.45) is 1.86. The van der Waals surface area contributed by atoms with Crippen molar-refractivity contribution in [1.82, 2.24) is 4.90 Å². The van der Waals surface area contributed by atoms with E-state index in [0.717, 1.165) is 29.7 Å². The average molecular weight is 398 g/mol. The number of ether oxygens (including phenoxy) is 2. The Labute approximate surface area is 170 Å². The van der Waals surface area contributed by atoms with Gasteiger partial charge in [-0.15, -0.1) is 0 Å². The van der Waals surface area contributed by atoms with Crippen molar-refractivity contribution in [2.45, 2.75) is 32.0 Å². The highest BCUT2D eigenvalue weighted by Crippen LogP contribution is 2.39. The smallest absolute Gasteiger partial charge is 0.322 e. The summed E-state index contributed by atoms with van der Waals surface area (Å²) in [6.45, 7) is 4.99. The molecular weight excluding hydrogens is 371 g/mol. The standard InChI is InChI=1S/C23H27FN2O3/c1-17-5-2-3-8-21(17)25-22(27)26-15-23(16-26)12-19(14-29-23)9-10-28-13-18-6-4-7-20(24)11-18/h2-8,11,19H,9-10,12-16H2,1H3,(H,25,27). The van der Waals surface area contributed by atoms with Gasteiger partial charge in [0.25, 0.3) is 0 Å². The molecule has 1 unspecified atom stereocenters. The van der Waals surface area contributed by atoms with Crippen LogP contribution in [0.25, 0.3) is 0 Å². The van der Waals surface area contributed by atoms with Crippen molar-refractivity contribution in [1.29, 1.82) is 0 Å². The van der Waals surface area contributed by atoms with Gasteiger partial charge >= 0.3 is 6.03 Å². The minimum Gasteiger partial charge on any atom is -0.377 e. The fourth-order valence-corrected chi connectivity index (χ4v) is 4.11. The fraction of sp³-hybridized carbons (Fsp3) is 0.435. The number of rotatable bonds is 6. The molecular formula is C23H27FN2O3. The van der Waals surface area contributed by atoms with E-state index < -0.39 is 0 Å². The van der Waals surface area contributed by atoms with E-state index in [1.54, 1.807) is 11.0 Å². The molecule has 2 aromatic carbocycles. The van der Waals surface area contributed by atoms with Crippen LogP contribution in [0, 0.1) is 18.7 Å². The predicted molar refractivity (Wildman–Crippen MR) is 109 cm³/mol. The minimum atomic E-state index is -0.238. The van der Waals surface area contributed by atoms with Gasteiger partial charge in [0.1, 0.15) is 11.4 Å². The number of hydrogen-bond donors (Lipinski definition) is 1. The van der Waals surface area contributed by atoms with Crippen molar-refractivity contribution in [2.75, 3.05) is 31.6 Å². The molecule has 0 aromatic heterocycles. The Hall–Kier alpha value is -2.44. The van der Waals surface area contributed by atoms with Gasteiger partial charge in [0.15, 0.2) is 0 Å². The average Bonchev–Trinajstić information content (AvgIpc) is 3.11. The summed E-state index contributed by atoms with van der Waals surface area (Å²) in [5, 5.41) is 2.98. The quantitative estimate of drug-likeness (QED) is 0.736. The molecule has 0 radical (unpaired) electrons. The summed E-state index contributed by atoms with van der Waals surface area (Å²) in [5.74, 6) is 0.197. The summed E-state index contributed by atoms with van der Waals surface area (Å²) in [7, 11) is 0. The molecule has 0 saturated carbocycles. The molecule has 4 rings (SSSR count). The summed E-state index contributed by atoms with van der Waals surface area (Å²) in [6, 6.07) is 14.2. The molecule has 2 aliphatic rings. The van der Waals surface area contributed by atoms with Gasteiger partial charge in [0.2, 0.25) is 0 Å². The van der Waals surface area contributed by atoms with Gasteiger partial charge in [0, 0.05) is 12.3 Å². The normalized spacial score (nSPS) is 19.9. The summed E-state index contributed by atoms with van der Waals surface area (Å²) < 4.78 is 24.9. The second-order valence-electron chi connectivity index (χ2n) is 8.14. The van der Waals surface area contributed by atoms with Gasteiger partial charge in [-0.2, -0.15) is 0 Å². The largest absolute Gasteiger partial charge is 0.377 e. The number of nitrogens with zero attached hydrogens (tertiary/aromatic N) is 1. The Balaban J connectivity index is 1.17. The molecule has 2 fully saturated rings. The molecule has 6 heteroatoms. The lowest BCUT2D eigenvalue weighted by atomic mass is 9.86. The fourth-order valence-electron chi connectivity index (χ4n) is 4.11. The number of urea groups is 1. The highest BCUT2D eigenvalue weighted by molar-refractivity contribution is 5.90. The number of hydrogen-bond acceptors (Lipinski definition) is 3. The third-order valence-electron chi connectivity index (χ3n) is 5.75. The Kier molecular flexibility index (Phi) is 5.83. The van der Waals surface area contributed by atoms with E-state index in [0.29, 0.717) is 38.8 Å². The van der Waals surface area contributed by atoms with E-state index in [-0.39, 0.29) is 17.4 Å². The summed E-state index contributed by atoms with van der Waals surface area (Å²) in [4.78, 5) is 14.3. The minimum absolute atomic E-state index is 0.0737. The maximum absolute atomic E-state index is 13.2. The van der Waals surface area contributed by atoms with Gasteiger partial charge in [-0.3, -0.25) is 0 Å². The molecule has 5 nitrogen and oxygen atoms in total. The van der Waals surface area contributed by atoms with Crippen LogP contribution in [0.1, 0.15) is 24.0 Å². The lowest BCUT2D eigenvalue weighted by Crippen LogP contribution is -2.64. The van der Waals surface area contributed by atoms with Crippen molar-refractivity contribution in [3.63, 3.8) is 0 Å². The van der Waals surface area contributed by atoms with Crippen molar-refractivity contribution in [3.8, 4) is 0 Å². The van der Waals surface area contributed by atoms with Crippen molar-refractivity contribution >= 4 is 11.7 Å². The van der Waals surface area contributed by atoms with Crippen molar-refractivity contribution in [3.05, 3.63) is 65.5 Å². The second-order valence-corrected chi connectivity index (χ2v) is 8.14. The molecule has 2 aromatic rings. The maximum atomic E-state index is 13.2. The van der Waals surface area contributed by atoms with Gasteiger partial charge < -0.3 is 19.7 Å². The van der Waals surface area contributed by atoms with Crippen LogP contribution in [0.15, 0.2) is 48.5 Å². The number of carbonyl (C=O) groups excluding carboxylic acids is 1. The second kappa shape index (κ2) is 8.51. The lowest BCUT2D eigenvalue weighted by Gasteiger charge is -2.47. The van der Waals surface area contributed by atoms with Gasteiger partial charge in [-0.1, -0.05) is 30.3 Å². The maximum Gasteiger partial charge on any atom is 0.322 e. The Morgan fingerprint density at radius 3 is 2.90 bits per heavy atom. The number of halogens is 1. The summed E-state index contributed by atoms with van der Waals surface area (Å²) in [5.41, 5.74) is 2.54. The van der Waals surface area contributed by atoms with Gasteiger partial charge in [-0.05, 0) is 55.0 Å². The molecule has 1 spiro atoms. The van der Waals surface area contributed by atoms with Crippen LogP contribution in [0.3, 0.4) is 0 Å². The number of benzene rings is 2. The molecule has 2 amide bonds. The molecule has 2 saturated heterocycles. The van der Waals surface area contributed by atoms with Crippen LogP contribution in [0.4, 0.5) is 14.9 Å². The molecule has 29 heavy (non-hydrogen) atoms. The van der Waals surface area contributed by atoms with Crippen LogP contribution in [-0.2, 0) is 16.1 Å². The van der Waals surface area contributed by atoms with Crippen LogP contribution < -0.4 is 5.32 Å². The summed E-state index contributed by atoms with van der Waals surface area (Å²) >= 11 is 0. The van der Waals surface area contributed by atoms with E-state index in [9.17, 15) is 9.18 Å². The zero-order valence-electron chi connectivity index (χ0n) is 16.7. The topological polar surface area (TPSA) is 50.8 Å². The first-order valence-corrected chi connectivity index (χ1v) is 10.1. The number of amides is 2. The predicted octanol–water partition coefficient (Wildman–Crippen LogP) is 4.36. The van der Waals surface area contributed by atoms with E-state index in [1.165, 1.54) is 12.1 Å². The molecule has 2 heterocycles. The Bertz CT molecular complexity index is 867. The number of nitrogens with one attached hydrogen (secondary N) is 1. The van der Waals surface area contributed by atoms with E-state index in [4.69, 9.17) is 9.47 Å². The van der Waals surface area contributed by atoms with E-state index >= 15 is 0 Å². The number of likely N-dealkylation sites (tertiary alicyclic amines) is 1. The third kappa shape index (κ3) is 4.77. The number of aryl methyl sites for hydroxylation is 1. The molecule has 0 aliphatic carbocycles. The number of para-hydroxylation sites is 1. The zero-order chi connectivity index (χ0) is 20.3. The third-order valence-corrected chi connectivity index (χ3v) is 5.75. The van der Waals surface area contributed by atoms with Gasteiger partial charge in [-0.25, -0.2) is 9.18 Å². The Morgan fingerprint density at radius 2 is 2.10 bits per heavy atom. The lowest BCUT2D eigenvalue weighted by molar-refractivity contribution is -0.0894. The number of carbonyl (C=O) groups is 1. The monoisotopic (exact) mass is 398 g/mol. The molecule has 1 atom stereocenters. The first kappa shape index (κ1) is 19.9. The Morgan fingerprint density at radius 1 is 1.28 bits per heavy atom. The molecule has 0 bridgehead atoms. The van der Waals surface area contributed by atoms with Crippen LogP contribution in [-0.4, -0.2) is 42.8 Å². The number of anilines is 1. The van der Waals surface area contributed by atoms with Crippen LogP contribution in [0.5, 0.6) is 0 Å². The van der Waals surface area contributed by atoms with Gasteiger partial charge in [0.05, 0.1) is 26.3 Å². The zero-order valence-corrected chi connectivity index (χ0v) is 16.7. The highest BCUT2D eigenvalue weighted by Gasteiger charge is 2.51. The first-order valence-electron chi connectivity index (χ1n) is 10.1. The molecule has 1 N–H and O–H groups in total. The van der Waals surface area contributed by atoms with Crippen molar-refractivity contribution in [2.24, 2.45) is 5.92 Å². The van der Waals surface area contributed by atoms with Crippen LogP contribution >= 0.6 is 0 Å². The van der Waals surface area contributed by atoms with Crippen LogP contribution in [0.2, 0.25) is 0 Å². The first-order chi connectivity index (χ1) is 14.0.